The maximum atomic E-state index is 10.1. The van der Waals surface area contributed by atoms with Gasteiger partial charge in [-0.1, -0.05) is 18.2 Å². The number of hydrogen-bond donors (Lipinski definition) is 4. The normalized spacial score (nSPS) is 27.6. The number of rotatable bonds is 4. The lowest BCUT2D eigenvalue weighted by Gasteiger charge is -2.39. The van der Waals surface area contributed by atoms with Crippen LogP contribution in [0.4, 0.5) is 0 Å². The second-order valence-electron chi connectivity index (χ2n) is 6.64. The third kappa shape index (κ3) is 3.56. The molecular weight excluding hydrogens is 364 g/mol. The minimum Gasteiger partial charge on any atom is -0.462 e. The molecule has 8 heteroatoms. The smallest absolute Gasteiger partial charge is 0.229 e. The molecule has 1 aliphatic heterocycles. The SMILES string of the molecule is OC[C@H]1O[C@H](Oc2ccc(-c3ccc4ncncc4c3)cc2)[C@@H](O)[C@@H](O)[C@@H]1O. The van der Waals surface area contributed by atoms with Crippen LogP contribution < -0.4 is 4.74 Å². The van der Waals surface area contributed by atoms with E-state index >= 15 is 0 Å². The zero-order valence-corrected chi connectivity index (χ0v) is 14.8. The van der Waals surface area contributed by atoms with Crippen molar-refractivity contribution in [2.24, 2.45) is 0 Å². The molecule has 5 atom stereocenters. The van der Waals surface area contributed by atoms with Crippen molar-refractivity contribution in [1.29, 1.82) is 0 Å². The lowest BCUT2D eigenvalue weighted by molar-refractivity contribution is -0.277. The Morgan fingerprint density at radius 3 is 2.43 bits per heavy atom. The van der Waals surface area contributed by atoms with Gasteiger partial charge >= 0.3 is 0 Å². The molecule has 0 unspecified atom stereocenters. The first kappa shape index (κ1) is 18.7. The predicted octanol–water partition coefficient (Wildman–Crippen LogP) is 0.475. The fraction of sp³-hybridized carbons (Fsp3) is 0.300. The summed E-state index contributed by atoms with van der Waals surface area (Å²) >= 11 is 0. The van der Waals surface area contributed by atoms with Crippen LogP contribution in [-0.4, -0.2) is 67.7 Å². The Balaban J connectivity index is 1.51. The zero-order valence-electron chi connectivity index (χ0n) is 14.8. The molecule has 0 saturated carbocycles. The average molecular weight is 384 g/mol. The summed E-state index contributed by atoms with van der Waals surface area (Å²) in [6.45, 7) is -0.505. The predicted molar refractivity (Wildman–Crippen MR) is 99.4 cm³/mol. The molecule has 146 valence electrons. The van der Waals surface area contributed by atoms with Crippen LogP contribution in [0.25, 0.3) is 22.0 Å². The van der Waals surface area contributed by atoms with E-state index in [9.17, 15) is 20.4 Å². The molecule has 1 aromatic heterocycles. The molecule has 4 rings (SSSR count). The summed E-state index contributed by atoms with van der Waals surface area (Å²) in [4.78, 5) is 8.24. The highest BCUT2D eigenvalue weighted by Gasteiger charge is 2.44. The van der Waals surface area contributed by atoms with Gasteiger partial charge in [-0.2, -0.15) is 0 Å². The quantitative estimate of drug-likeness (QED) is 0.512. The van der Waals surface area contributed by atoms with Gasteiger partial charge in [0.05, 0.1) is 12.1 Å². The molecule has 8 nitrogen and oxygen atoms in total. The summed E-state index contributed by atoms with van der Waals surface area (Å²) < 4.78 is 11.0. The van der Waals surface area contributed by atoms with E-state index in [1.165, 1.54) is 6.33 Å². The summed E-state index contributed by atoms with van der Waals surface area (Å²) in [5, 5.41) is 39.9. The number of benzene rings is 2. The number of aliphatic hydroxyl groups is 4. The number of hydrogen-bond acceptors (Lipinski definition) is 8. The van der Waals surface area contributed by atoms with Gasteiger partial charge in [0.15, 0.2) is 0 Å². The molecule has 0 amide bonds. The molecule has 0 aliphatic carbocycles. The van der Waals surface area contributed by atoms with Crippen LogP contribution in [0.1, 0.15) is 0 Å². The standard InChI is InChI=1S/C20H20N2O6/c23-9-16-17(24)18(25)19(26)20(28-16)27-14-4-1-11(2-5-14)12-3-6-15-13(7-12)8-21-10-22-15/h1-8,10,16-20,23-26H,9H2/t16-,17-,18+,19+,20+/m1/s1. The van der Waals surface area contributed by atoms with Crippen molar-refractivity contribution in [3.63, 3.8) is 0 Å². The van der Waals surface area contributed by atoms with E-state index in [0.717, 1.165) is 22.0 Å². The summed E-state index contributed by atoms with van der Waals surface area (Å²) in [5.41, 5.74) is 2.80. The molecule has 2 aromatic carbocycles. The Labute approximate surface area is 160 Å². The average Bonchev–Trinajstić information content (AvgIpc) is 2.74. The Hall–Kier alpha value is -2.62. The van der Waals surface area contributed by atoms with Crippen molar-refractivity contribution in [3.8, 4) is 16.9 Å². The molecular formula is C20H20N2O6. The highest BCUT2D eigenvalue weighted by Crippen LogP contribution is 2.28. The van der Waals surface area contributed by atoms with Gasteiger partial charge in [-0.05, 0) is 35.4 Å². The highest BCUT2D eigenvalue weighted by atomic mass is 16.7. The summed E-state index contributed by atoms with van der Waals surface area (Å²) in [7, 11) is 0. The number of ether oxygens (including phenoxy) is 2. The second kappa shape index (κ2) is 7.78. The Kier molecular flexibility index (Phi) is 5.21. The van der Waals surface area contributed by atoms with E-state index in [-0.39, 0.29) is 0 Å². The summed E-state index contributed by atoms with van der Waals surface area (Å²) in [6.07, 6.45) is -3.30. The maximum absolute atomic E-state index is 10.1. The molecule has 0 bridgehead atoms. The largest absolute Gasteiger partial charge is 0.462 e. The fourth-order valence-electron chi connectivity index (χ4n) is 3.19. The van der Waals surface area contributed by atoms with E-state index in [2.05, 4.69) is 9.97 Å². The molecule has 1 aliphatic rings. The van der Waals surface area contributed by atoms with Gasteiger partial charge in [0.25, 0.3) is 0 Å². The number of fused-ring (bicyclic) bond motifs is 1. The second-order valence-corrected chi connectivity index (χ2v) is 6.64. The van der Waals surface area contributed by atoms with E-state index in [1.54, 1.807) is 18.3 Å². The maximum Gasteiger partial charge on any atom is 0.229 e. The van der Waals surface area contributed by atoms with Gasteiger partial charge in [0.1, 0.15) is 36.5 Å². The summed E-state index contributed by atoms with van der Waals surface area (Å²) in [5.74, 6) is 0.414. The first-order chi connectivity index (χ1) is 13.6. The van der Waals surface area contributed by atoms with E-state index < -0.39 is 37.3 Å². The van der Waals surface area contributed by atoms with Crippen molar-refractivity contribution in [2.75, 3.05) is 6.61 Å². The van der Waals surface area contributed by atoms with Crippen LogP contribution in [0.3, 0.4) is 0 Å². The van der Waals surface area contributed by atoms with Gasteiger partial charge < -0.3 is 29.9 Å². The van der Waals surface area contributed by atoms with E-state index in [4.69, 9.17) is 9.47 Å². The van der Waals surface area contributed by atoms with Crippen LogP contribution in [0, 0.1) is 0 Å². The third-order valence-electron chi connectivity index (χ3n) is 4.79. The Morgan fingerprint density at radius 1 is 0.929 bits per heavy atom. The molecule has 28 heavy (non-hydrogen) atoms. The van der Waals surface area contributed by atoms with Gasteiger partial charge in [0, 0.05) is 11.6 Å². The van der Waals surface area contributed by atoms with Gasteiger partial charge in [-0.3, -0.25) is 0 Å². The molecule has 0 spiro atoms. The van der Waals surface area contributed by atoms with Gasteiger partial charge in [-0.25, -0.2) is 9.97 Å². The van der Waals surface area contributed by atoms with Crippen LogP contribution in [-0.2, 0) is 4.74 Å². The Bertz CT molecular complexity index is 949. The monoisotopic (exact) mass is 384 g/mol. The molecule has 4 N–H and O–H groups in total. The van der Waals surface area contributed by atoms with E-state index in [1.807, 2.05) is 30.3 Å². The fourth-order valence-corrected chi connectivity index (χ4v) is 3.19. The topological polar surface area (TPSA) is 125 Å². The first-order valence-corrected chi connectivity index (χ1v) is 8.84. The van der Waals surface area contributed by atoms with E-state index in [0.29, 0.717) is 5.75 Å². The number of aliphatic hydroxyl groups excluding tert-OH is 4. The number of nitrogens with zero attached hydrogens (tertiary/aromatic N) is 2. The zero-order chi connectivity index (χ0) is 19.7. The van der Waals surface area contributed by atoms with Gasteiger partial charge in [-0.15, -0.1) is 0 Å². The van der Waals surface area contributed by atoms with Crippen LogP contribution in [0.5, 0.6) is 5.75 Å². The van der Waals surface area contributed by atoms with Gasteiger partial charge in [0.2, 0.25) is 6.29 Å². The van der Waals surface area contributed by atoms with Crippen LogP contribution in [0.15, 0.2) is 55.0 Å². The minimum absolute atomic E-state index is 0.414. The molecule has 0 radical (unpaired) electrons. The first-order valence-electron chi connectivity index (χ1n) is 8.84. The lowest BCUT2D eigenvalue weighted by atomic mass is 9.99. The molecule has 1 fully saturated rings. The van der Waals surface area contributed by atoms with Crippen molar-refractivity contribution < 1.29 is 29.9 Å². The van der Waals surface area contributed by atoms with Crippen molar-refractivity contribution >= 4 is 10.9 Å². The summed E-state index contributed by atoms with van der Waals surface area (Å²) in [6, 6.07) is 13.0. The lowest BCUT2D eigenvalue weighted by Crippen LogP contribution is -2.60. The Morgan fingerprint density at radius 2 is 1.68 bits per heavy atom. The van der Waals surface area contributed by atoms with Crippen molar-refractivity contribution in [2.45, 2.75) is 30.7 Å². The minimum atomic E-state index is -1.48. The van der Waals surface area contributed by atoms with Crippen molar-refractivity contribution in [1.82, 2.24) is 9.97 Å². The molecule has 3 aromatic rings. The highest BCUT2D eigenvalue weighted by molar-refractivity contribution is 5.83. The number of aromatic nitrogens is 2. The molecule has 1 saturated heterocycles. The van der Waals surface area contributed by atoms with Crippen molar-refractivity contribution in [3.05, 3.63) is 55.0 Å². The molecule has 2 heterocycles. The van der Waals surface area contributed by atoms with Crippen LogP contribution in [0.2, 0.25) is 0 Å². The third-order valence-corrected chi connectivity index (χ3v) is 4.79. The van der Waals surface area contributed by atoms with Crippen LogP contribution >= 0.6 is 0 Å².